The molecule has 0 radical (unpaired) electrons. The van der Waals surface area contributed by atoms with Gasteiger partial charge in [0.1, 0.15) is 0 Å². The summed E-state index contributed by atoms with van der Waals surface area (Å²) in [4.78, 5) is 9.22. The molecule has 3 rings (SSSR count). The van der Waals surface area contributed by atoms with E-state index in [1.807, 2.05) is 18.4 Å². The molecular formula is C23H35N5S. The zero-order chi connectivity index (χ0) is 20.6. The molecule has 5 nitrogen and oxygen atoms in total. The molecule has 1 unspecified atom stereocenters. The molecular weight excluding hydrogens is 378 g/mol. The summed E-state index contributed by atoms with van der Waals surface area (Å²) in [5.74, 6) is 0.900. The molecule has 1 aromatic carbocycles. The maximum absolute atomic E-state index is 4.47. The zero-order valence-corrected chi connectivity index (χ0v) is 19.0. The van der Waals surface area contributed by atoms with Crippen LogP contribution in [0.2, 0.25) is 0 Å². The van der Waals surface area contributed by atoms with Crippen LogP contribution in [0.15, 0.2) is 46.8 Å². The van der Waals surface area contributed by atoms with Crippen LogP contribution in [0.3, 0.4) is 0 Å². The summed E-state index contributed by atoms with van der Waals surface area (Å²) in [6.45, 7) is 5.21. The molecule has 2 N–H and O–H groups in total. The summed E-state index contributed by atoms with van der Waals surface area (Å²) < 4.78 is 0. The fourth-order valence-corrected chi connectivity index (χ4v) is 4.63. The van der Waals surface area contributed by atoms with Crippen LogP contribution >= 0.6 is 11.3 Å². The van der Waals surface area contributed by atoms with Gasteiger partial charge in [0.15, 0.2) is 5.96 Å². The molecule has 0 spiro atoms. The van der Waals surface area contributed by atoms with E-state index in [1.54, 1.807) is 0 Å². The molecule has 0 bridgehead atoms. The van der Waals surface area contributed by atoms with E-state index in [0.29, 0.717) is 12.1 Å². The number of rotatable bonds is 7. The highest BCUT2D eigenvalue weighted by molar-refractivity contribution is 7.14. The number of thiophene rings is 1. The largest absolute Gasteiger partial charge is 0.363 e. The number of nitrogens with one attached hydrogen (secondary N) is 2. The highest BCUT2D eigenvalue weighted by atomic mass is 32.1. The van der Waals surface area contributed by atoms with Crippen LogP contribution in [-0.4, -0.2) is 57.7 Å². The van der Waals surface area contributed by atoms with Crippen LogP contribution in [0, 0.1) is 0 Å². The van der Waals surface area contributed by atoms with Crippen molar-refractivity contribution in [3.8, 4) is 0 Å². The van der Waals surface area contributed by atoms with Crippen LogP contribution in [0.4, 0.5) is 5.00 Å². The first kappa shape index (κ1) is 21.7. The van der Waals surface area contributed by atoms with Gasteiger partial charge in [-0.05, 0) is 62.0 Å². The molecule has 29 heavy (non-hydrogen) atoms. The lowest BCUT2D eigenvalue weighted by atomic mass is 10.0. The summed E-state index contributed by atoms with van der Waals surface area (Å²) in [7, 11) is 6.13. The Bertz CT molecular complexity index is 746. The third kappa shape index (κ3) is 5.97. The Morgan fingerprint density at radius 1 is 1.21 bits per heavy atom. The number of guanidine groups is 1. The van der Waals surface area contributed by atoms with Crippen LogP contribution in [0.1, 0.15) is 36.9 Å². The van der Waals surface area contributed by atoms with Gasteiger partial charge in [-0.25, -0.2) is 0 Å². The van der Waals surface area contributed by atoms with Crippen molar-refractivity contribution in [2.75, 3.05) is 45.7 Å². The second-order valence-electron chi connectivity index (χ2n) is 7.88. The molecule has 1 aliphatic heterocycles. The number of likely N-dealkylation sites (N-methyl/N-ethyl adjacent to an activating group) is 1. The van der Waals surface area contributed by atoms with Crippen molar-refractivity contribution in [2.24, 2.45) is 4.99 Å². The van der Waals surface area contributed by atoms with E-state index in [2.05, 4.69) is 88.2 Å². The van der Waals surface area contributed by atoms with Crippen LogP contribution < -0.4 is 15.5 Å². The smallest absolute Gasteiger partial charge is 0.191 e. The SMILES string of the molecule is CCc1ccc(C(CNC(=NC)NC2CCN(c3cccs3)CC2)N(C)C)cc1. The highest BCUT2D eigenvalue weighted by Crippen LogP contribution is 2.25. The monoisotopic (exact) mass is 413 g/mol. The van der Waals surface area contributed by atoms with Crippen molar-refractivity contribution in [3.63, 3.8) is 0 Å². The molecule has 1 aliphatic rings. The summed E-state index contributed by atoms with van der Waals surface area (Å²) in [5.41, 5.74) is 2.71. The molecule has 1 atom stereocenters. The first-order valence-electron chi connectivity index (χ1n) is 10.6. The summed E-state index contributed by atoms with van der Waals surface area (Å²) in [5, 5.41) is 10.7. The Morgan fingerprint density at radius 2 is 1.93 bits per heavy atom. The van der Waals surface area contributed by atoms with Crippen molar-refractivity contribution in [1.82, 2.24) is 15.5 Å². The average Bonchev–Trinajstić information content (AvgIpc) is 3.28. The summed E-state index contributed by atoms with van der Waals surface area (Å²) in [6, 6.07) is 14.1. The fraction of sp³-hybridized carbons (Fsp3) is 0.522. The van der Waals surface area contributed by atoms with E-state index >= 15 is 0 Å². The Balaban J connectivity index is 1.51. The van der Waals surface area contributed by atoms with E-state index in [-0.39, 0.29) is 0 Å². The van der Waals surface area contributed by atoms with Gasteiger partial charge in [0, 0.05) is 32.7 Å². The quantitative estimate of drug-likeness (QED) is 0.536. The zero-order valence-electron chi connectivity index (χ0n) is 18.2. The van der Waals surface area contributed by atoms with Gasteiger partial charge in [0.05, 0.1) is 11.0 Å². The number of benzene rings is 1. The van der Waals surface area contributed by atoms with Crippen molar-refractivity contribution in [3.05, 3.63) is 52.9 Å². The van der Waals surface area contributed by atoms with Gasteiger partial charge in [-0.1, -0.05) is 31.2 Å². The molecule has 2 aromatic rings. The number of aliphatic imine (C=N–C) groups is 1. The first-order chi connectivity index (χ1) is 14.1. The van der Waals surface area contributed by atoms with E-state index < -0.39 is 0 Å². The van der Waals surface area contributed by atoms with E-state index in [0.717, 1.165) is 44.9 Å². The van der Waals surface area contributed by atoms with Gasteiger partial charge in [-0.3, -0.25) is 4.99 Å². The molecule has 1 saturated heterocycles. The van der Waals surface area contributed by atoms with Crippen LogP contribution in [-0.2, 0) is 6.42 Å². The third-order valence-corrected chi connectivity index (χ3v) is 6.67. The molecule has 6 heteroatoms. The highest BCUT2D eigenvalue weighted by Gasteiger charge is 2.21. The van der Waals surface area contributed by atoms with Crippen molar-refractivity contribution >= 4 is 22.3 Å². The van der Waals surface area contributed by atoms with Gasteiger partial charge >= 0.3 is 0 Å². The van der Waals surface area contributed by atoms with Gasteiger partial charge in [0.25, 0.3) is 0 Å². The molecule has 158 valence electrons. The van der Waals surface area contributed by atoms with Gasteiger partial charge in [-0.15, -0.1) is 11.3 Å². The fourth-order valence-electron chi connectivity index (χ4n) is 3.85. The first-order valence-corrected chi connectivity index (χ1v) is 11.5. The summed E-state index contributed by atoms with van der Waals surface area (Å²) in [6.07, 6.45) is 3.34. The Labute approximate surface area is 179 Å². The predicted molar refractivity (Wildman–Crippen MR) is 126 cm³/mol. The molecule has 0 saturated carbocycles. The lowest BCUT2D eigenvalue weighted by molar-refractivity contribution is 0.297. The Hall–Kier alpha value is -2.05. The normalized spacial score (nSPS) is 16.9. The number of hydrogen-bond acceptors (Lipinski definition) is 4. The minimum Gasteiger partial charge on any atom is -0.363 e. The number of piperidine rings is 1. The lowest BCUT2D eigenvalue weighted by Gasteiger charge is -2.34. The average molecular weight is 414 g/mol. The third-order valence-electron chi connectivity index (χ3n) is 5.74. The molecule has 2 heterocycles. The molecule has 0 aliphatic carbocycles. The standard InChI is InChI=1S/C23H35N5S/c1-5-18-8-10-19(11-9-18)21(27(3)4)17-25-23(24-2)26-20-12-14-28(15-13-20)22-7-6-16-29-22/h6-11,16,20-21H,5,12-15,17H2,1-4H3,(H2,24,25,26). The number of aryl methyl sites for hydroxylation is 1. The second kappa shape index (κ2) is 10.6. The van der Waals surface area contributed by atoms with Crippen LogP contribution in [0.25, 0.3) is 0 Å². The van der Waals surface area contributed by atoms with Crippen molar-refractivity contribution in [2.45, 2.75) is 38.3 Å². The number of hydrogen-bond donors (Lipinski definition) is 2. The van der Waals surface area contributed by atoms with Crippen molar-refractivity contribution < 1.29 is 0 Å². The van der Waals surface area contributed by atoms with E-state index in [9.17, 15) is 0 Å². The molecule has 1 fully saturated rings. The Kier molecular flexibility index (Phi) is 7.95. The minimum atomic E-state index is 0.306. The maximum atomic E-state index is 4.47. The topological polar surface area (TPSA) is 42.9 Å². The van der Waals surface area contributed by atoms with Crippen molar-refractivity contribution in [1.29, 1.82) is 0 Å². The second-order valence-corrected chi connectivity index (χ2v) is 8.81. The minimum absolute atomic E-state index is 0.306. The number of anilines is 1. The Morgan fingerprint density at radius 3 is 2.48 bits per heavy atom. The molecule has 0 amide bonds. The summed E-state index contributed by atoms with van der Waals surface area (Å²) >= 11 is 1.83. The lowest BCUT2D eigenvalue weighted by Crippen LogP contribution is -2.49. The van der Waals surface area contributed by atoms with E-state index in [4.69, 9.17) is 0 Å². The van der Waals surface area contributed by atoms with E-state index in [1.165, 1.54) is 16.1 Å². The molecule has 1 aromatic heterocycles. The van der Waals surface area contributed by atoms with Crippen LogP contribution in [0.5, 0.6) is 0 Å². The number of nitrogens with zero attached hydrogens (tertiary/aromatic N) is 3. The van der Waals surface area contributed by atoms with Gasteiger partial charge < -0.3 is 20.4 Å². The maximum Gasteiger partial charge on any atom is 0.191 e. The predicted octanol–water partition coefficient (Wildman–Crippen LogP) is 3.75. The van der Waals surface area contributed by atoms with Gasteiger partial charge in [0.2, 0.25) is 0 Å². The van der Waals surface area contributed by atoms with Gasteiger partial charge in [-0.2, -0.15) is 0 Å².